The molecule has 2 aliphatic heterocycles. The number of fused-ring (bicyclic) bond motifs is 2. The molecule has 5 aromatic carbocycles. The molecule has 2 N–H and O–H groups in total. The summed E-state index contributed by atoms with van der Waals surface area (Å²) in [7, 11) is 3.04. The molecular formula is C44H42ClN3O6. The number of carbonyl (C=O) groups excluding carboxylic acids is 3. The van der Waals surface area contributed by atoms with E-state index in [9.17, 15) is 19.5 Å². The van der Waals surface area contributed by atoms with E-state index in [-0.39, 0.29) is 30.0 Å². The van der Waals surface area contributed by atoms with Gasteiger partial charge in [0.25, 0.3) is 5.91 Å². The minimum Gasteiger partial charge on any atom is -0.508 e. The Labute approximate surface area is 320 Å². The average Bonchev–Trinajstić information content (AvgIpc) is 3.19. The standard InChI is InChI=1S/C44H42ClN3O6/c1-4-37(30-8-6-5-7-9-30)48-26-33-25-40-38(47(2)43(51)41(54-40)31-16-20-35(49)21-17-31)23-32(33)24-39(48)42(50)46-36(44(52)53-3)22-27-10-12-28(13-11-27)29-14-18-34(45)19-15-29/h5-21,23,25,36-37,39,41,49H,4,22,24,26H2,1-3H3,(H,46,50)/t36-,37-,39-,41+/m0/s1. The van der Waals surface area contributed by atoms with Crippen LogP contribution in [0.5, 0.6) is 11.5 Å². The van der Waals surface area contributed by atoms with Gasteiger partial charge in [-0.15, -0.1) is 0 Å². The monoisotopic (exact) mass is 743 g/mol. The highest BCUT2D eigenvalue weighted by atomic mass is 35.5. The molecule has 0 bridgehead atoms. The lowest BCUT2D eigenvalue weighted by Gasteiger charge is -2.42. The van der Waals surface area contributed by atoms with Crippen LogP contribution in [-0.2, 0) is 38.5 Å². The van der Waals surface area contributed by atoms with Crippen LogP contribution in [-0.4, -0.2) is 54.0 Å². The van der Waals surface area contributed by atoms with Crippen molar-refractivity contribution in [2.45, 2.75) is 57.0 Å². The van der Waals surface area contributed by atoms with E-state index in [1.165, 1.54) is 19.2 Å². The molecule has 10 heteroatoms. The van der Waals surface area contributed by atoms with E-state index in [4.69, 9.17) is 21.1 Å². The molecule has 4 atom stereocenters. The Morgan fingerprint density at radius 1 is 0.926 bits per heavy atom. The summed E-state index contributed by atoms with van der Waals surface area (Å²) in [5.41, 5.74) is 7.15. The predicted octanol–water partition coefficient (Wildman–Crippen LogP) is 7.59. The molecule has 0 aliphatic carbocycles. The fourth-order valence-corrected chi connectivity index (χ4v) is 7.66. The Balaban J connectivity index is 1.18. The molecule has 0 unspecified atom stereocenters. The number of carbonyl (C=O) groups is 3. The second kappa shape index (κ2) is 15.8. The number of phenols is 1. The Bertz CT molecular complexity index is 2140. The number of phenolic OH excluding ortho intramolecular Hbond substituents is 1. The van der Waals surface area contributed by atoms with Crippen molar-refractivity contribution in [3.05, 3.63) is 148 Å². The van der Waals surface area contributed by atoms with Crippen LogP contribution in [0.3, 0.4) is 0 Å². The van der Waals surface area contributed by atoms with Gasteiger partial charge >= 0.3 is 5.97 Å². The van der Waals surface area contributed by atoms with E-state index >= 15 is 0 Å². The highest BCUT2D eigenvalue weighted by molar-refractivity contribution is 6.30. The summed E-state index contributed by atoms with van der Waals surface area (Å²) >= 11 is 6.07. The van der Waals surface area contributed by atoms with Gasteiger partial charge in [-0.3, -0.25) is 14.5 Å². The highest BCUT2D eigenvalue weighted by Crippen LogP contribution is 2.43. The number of ether oxygens (including phenoxy) is 2. The first-order valence-electron chi connectivity index (χ1n) is 18.1. The van der Waals surface area contributed by atoms with Crippen LogP contribution in [0.25, 0.3) is 11.1 Å². The number of halogens is 1. The van der Waals surface area contributed by atoms with Crippen molar-refractivity contribution < 1.29 is 29.0 Å². The Hall–Kier alpha value is -5.64. The molecule has 276 valence electrons. The van der Waals surface area contributed by atoms with Gasteiger partial charge < -0.3 is 24.8 Å². The van der Waals surface area contributed by atoms with Crippen LogP contribution in [0, 0.1) is 0 Å². The topological polar surface area (TPSA) is 108 Å². The molecule has 5 aromatic rings. The average molecular weight is 744 g/mol. The van der Waals surface area contributed by atoms with Crippen molar-refractivity contribution in [2.75, 3.05) is 19.1 Å². The number of methoxy groups -OCH3 is 1. The number of hydrogen-bond donors (Lipinski definition) is 2. The van der Waals surface area contributed by atoms with Crippen LogP contribution >= 0.6 is 11.6 Å². The summed E-state index contributed by atoms with van der Waals surface area (Å²) in [6.45, 7) is 2.54. The number of nitrogens with one attached hydrogen (secondary N) is 1. The zero-order valence-electron chi connectivity index (χ0n) is 30.4. The summed E-state index contributed by atoms with van der Waals surface area (Å²) < 4.78 is 11.5. The van der Waals surface area contributed by atoms with E-state index in [1.807, 2.05) is 78.9 Å². The number of anilines is 1. The van der Waals surface area contributed by atoms with Gasteiger partial charge in [0.1, 0.15) is 17.5 Å². The first kappa shape index (κ1) is 36.7. The van der Waals surface area contributed by atoms with E-state index < -0.39 is 24.2 Å². The molecule has 0 radical (unpaired) electrons. The first-order chi connectivity index (χ1) is 26.1. The maximum absolute atomic E-state index is 14.5. The van der Waals surface area contributed by atoms with E-state index in [2.05, 4.69) is 29.3 Å². The van der Waals surface area contributed by atoms with Crippen molar-refractivity contribution in [3.63, 3.8) is 0 Å². The van der Waals surface area contributed by atoms with Crippen LogP contribution in [0.15, 0.2) is 115 Å². The number of aromatic hydroxyl groups is 1. The van der Waals surface area contributed by atoms with Crippen molar-refractivity contribution in [2.24, 2.45) is 0 Å². The van der Waals surface area contributed by atoms with Crippen LogP contribution in [0.1, 0.15) is 53.3 Å². The molecule has 9 nitrogen and oxygen atoms in total. The largest absolute Gasteiger partial charge is 0.508 e. The Kier molecular flexibility index (Phi) is 10.7. The molecule has 0 saturated carbocycles. The molecule has 2 aliphatic rings. The molecule has 0 spiro atoms. The smallest absolute Gasteiger partial charge is 0.328 e. The zero-order valence-corrected chi connectivity index (χ0v) is 31.1. The minimum atomic E-state index is -0.915. The molecule has 54 heavy (non-hydrogen) atoms. The van der Waals surface area contributed by atoms with Gasteiger partial charge in [-0.2, -0.15) is 0 Å². The van der Waals surface area contributed by atoms with Gasteiger partial charge in [0.2, 0.25) is 12.0 Å². The molecule has 0 fully saturated rings. The van der Waals surface area contributed by atoms with Gasteiger partial charge in [-0.1, -0.05) is 97.4 Å². The normalized spacial score (nSPS) is 17.8. The maximum Gasteiger partial charge on any atom is 0.328 e. The third-order valence-electron chi connectivity index (χ3n) is 10.5. The number of likely N-dealkylation sites (N-methyl/N-ethyl adjacent to an activating group) is 1. The highest BCUT2D eigenvalue weighted by Gasteiger charge is 2.40. The molecule has 0 aromatic heterocycles. The second-order valence-corrected chi connectivity index (χ2v) is 14.2. The molecule has 7 rings (SSSR count). The lowest BCUT2D eigenvalue weighted by molar-refractivity contribution is -0.146. The Morgan fingerprint density at radius 2 is 1.59 bits per heavy atom. The van der Waals surface area contributed by atoms with Crippen molar-refractivity contribution in [1.29, 1.82) is 0 Å². The first-order valence-corrected chi connectivity index (χ1v) is 18.4. The number of rotatable bonds is 10. The zero-order chi connectivity index (χ0) is 37.9. The molecular weight excluding hydrogens is 702 g/mol. The summed E-state index contributed by atoms with van der Waals surface area (Å²) in [5.74, 6) is -0.379. The van der Waals surface area contributed by atoms with Crippen molar-refractivity contribution >= 4 is 35.1 Å². The van der Waals surface area contributed by atoms with E-state index in [0.717, 1.165) is 39.8 Å². The van der Waals surface area contributed by atoms with E-state index in [1.54, 1.807) is 24.1 Å². The maximum atomic E-state index is 14.5. The number of hydrogen-bond acceptors (Lipinski definition) is 7. The molecule has 2 heterocycles. The number of nitrogens with zero attached hydrogens (tertiary/aromatic N) is 2. The minimum absolute atomic E-state index is 0.0990. The summed E-state index contributed by atoms with van der Waals surface area (Å²) in [6, 6.07) is 34.3. The van der Waals surface area contributed by atoms with Gasteiger partial charge in [0.05, 0.1) is 18.8 Å². The van der Waals surface area contributed by atoms with E-state index in [0.29, 0.717) is 35.0 Å². The van der Waals surface area contributed by atoms with Crippen LogP contribution in [0.2, 0.25) is 5.02 Å². The fourth-order valence-electron chi connectivity index (χ4n) is 7.53. The quantitative estimate of drug-likeness (QED) is 0.142. The third kappa shape index (κ3) is 7.56. The van der Waals surface area contributed by atoms with Crippen LogP contribution in [0.4, 0.5) is 5.69 Å². The molecule has 2 amide bonds. The van der Waals surface area contributed by atoms with Gasteiger partial charge in [0.15, 0.2) is 0 Å². The van der Waals surface area contributed by atoms with Gasteiger partial charge in [0, 0.05) is 36.6 Å². The van der Waals surface area contributed by atoms with Gasteiger partial charge in [-0.05, 0) is 82.6 Å². The summed E-state index contributed by atoms with van der Waals surface area (Å²) in [6.07, 6.45) is 0.477. The lowest BCUT2D eigenvalue weighted by atomic mass is 9.88. The lowest BCUT2D eigenvalue weighted by Crippen LogP contribution is -2.55. The number of benzene rings is 5. The number of amides is 2. The molecule has 0 saturated heterocycles. The van der Waals surface area contributed by atoms with Gasteiger partial charge in [-0.25, -0.2) is 4.79 Å². The number of esters is 1. The third-order valence-corrected chi connectivity index (χ3v) is 10.7. The second-order valence-electron chi connectivity index (χ2n) is 13.8. The summed E-state index contributed by atoms with van der Waals surface area (Å²) in [5, 5.41) is 13.5. The van der Waals surface area contributed by atoms with Crippen molar-refractivity contribution in [1.82, 2.24) is 10.2 Å². The fraction of sp³-hybridized carbons (Fsp3) is 0.250. The van der Waals surface area contributed by atoms with Crippen LogP contribution < -0.4 is 15.0 Å². The SMILES string of the molecule is CC[C@@H](c1ccccc1)N1Cc2cc3c(cc2C[C@H]1C(=O)N[C@@H](Cc1ccc(-c2ccc(Cl)cc2)cc1)C(=O)OC)N(C)C(=O)[C@@H](c1ccc(O)cc1)O3. The predicted molar refractivity (Wildman–Crippen MR) is 208 cm³/mol. The summed E-state index contributed by atoms with van der Waals surface area (Å²) in [4.78, 5) is 45.0. The Morgan fingerprint density at radius 3 is 2.24 bits per heavy atom. The van der Waals surface area contributed by atoms with Crippen molar-refractivity contribution in [3.8, 4) is 22.6 Å².